The SMILES string of the molecule is CCN(CC)CCNC(=O)c1c(C)[nH]c(/C=C2\C(=O)Nc3ccc(-c4ccnn4-c4ccc(C(F)(F)F)cc4)cc32)c1C. The molecular formula is C32H33F3N6O2. The zero-order valence-corrected chi connectivity index (χ0v) is 24.4. The molecule has 0 saturated heterocycles. The first-order valence-electron chi connectivity index (χ1n) is 14.1. The van der Waals surface area contributed by atoms with Gasteiger partial charge in [0.05, 0.1) is 34.3 Å². The molecule has 0 unspecified atom stereocenters. The number of amides is 2. The van der Waals surface area contributed by atoms with E-state index in [0.29, 0.717) is 51.7 Å². The lowest BCUT2D eigenvalue weighted by Crippen LogP contribution is -2.35. The summed E-state index contributed by atoms with van der Waals surface area (Å²) in [6.07, 6.45) is -1.12. The van der Waals surface area contributed by atoms with Crippen molar-refractivity contribution in [3.63, 3.8) is 0 Å². The number of benzene rings is 2. The van der Waals surface area contributed by atoms with Crippen LogP contribution in [0.3, 0.4) is 0 Å². The summed E-state index contributed by atoms with van der Waals surface area (Å²) in [4.78, 5) is 31.6. The molecule has 0 bridgehead atoms. The molecule has 43 heavy (non-hydrogen) atoms. The van der Waals surface area contributed by atoms with Gasteiger partial charge >= 0.3 is 6.18 Å². The van der Waals surface area contributed by atoms with Crippen molar-refractivity contribution in [2.45, 2.75) is 33.9 Å². The number of H-pyrrole nitrogens is 1. The van der Waals surface area contributed by atoms with E-state index in [9.17, 15) is 22.8 Å². The minimum atomic E-state index is -4.43. The number of alkyl halides is 3. The third-order valence-corrected chi connectivity index (χ3v) is 7.78. The standard InChI is InChI=1S/C32H33F3N6O2/c1-5-40(6-2)16-15-36-31(43)29-19(3)27(38-20(29)4)18-25-24-17-21(7-12-26(24)39-30(25)42)28-13-14-37-41(28)23-10-8-22(9-11-23)32(33,34)35/h7-14,17-18,38H,5-6,15-16H2,1-4H3,(H,36,43)(H,39,42)/b25-18-. The Bertz CT molecular complexity index is 1690. The number of aromatic amines is 1. The smallest absolute Gasteiger partial charge is 0.358 e. The zero-order valence-electron chi connectivity index (χ0n) is 24.4. The molecule has 5 rings (SSSR count). The number of anilines is 1. The van der Waals surface area contributed by atoms with E-state index < -0.39 is 11.7 Å². The fourth-order valence-electron chi connectivity index (χ4n) is 5.37. The molecule has 0 saturated carbocycles. The first-order chi connectivity index (χ1) is 20.5. The highest BCUT2D eigenvalue weighted by Gasteiger charge is 2.30. The van der Waals surface area contributed by atoms with Crippen LogP contribution in [0.5, 0.6) is 0 Å². The van der Waals surface area contributed by atoms with Gasteiger partial charge in [-0.05, 0) is 81.0 Å². The van der Waals surface area contributed by atoms with Crippen molar-refractivity contribution in [3.8, 4) is 16.9 Å². The molecule has 2 amide bonds. The van der Waals surface area contributed by atoms with Crippen LogP contribution in [-0.2, 0) is 11.0 Å². The average molecular weight is 591 g/mol. The Balaban J connectivity index is 1.43. The molecule has 1 aliphatic rings. The van der Waals surface area contributed by atoms with E-state index in [1.165, 1.54) is 12.1 Å². The highest BCUT2D eigenvalue weighted by Crippen LogP contribution is 2.37. The van der Waals surface area contributed by atoms with Crippen molar-refractivity contribution >= 4 is 29.2 Å². The molecule has 8 nitrogen and oxygen atoms in total. The van der Waals surface area contributed by atoms with Crippen LogP contribution in [0.15, 0.2) is 54.7 Å². The van der Waals surface area contributed by atoms with Crippen molar-refractivity contribution in [2.24, 2.45) is 0 Å². The van der Waals surface area contributed by atoms with Gasteiger partial charge in [-0.1, -0.05) is 19.9 Å². The number of nitrogens with zero attached hydrogens (tertiary/aromatic N) is 3. The fourth-order valence-corrected chi connectivity index (χ4v) is 5.37. The molecule has 0 atom stereocenters. The molecule has 1 aliphatic heterocycles. The molecule has 0 fully saturated rings. The third kappa shape index (κ3) is 5.98. The highest BCUT2D eigenvalue weighted by atomic mass is 19.4. The van der Waals surface area contributed by atoms with Crippen molar-refractivity contribution in [3.05, 3.63) is 88.4 Å². The van der Waals surface area contributed by atoms with Gasteiger partial charge in [-0.15, -0.1) is 0 Å². The molecular weight excluding hydrogens is 557 g/mol. The fraction of sp³-hybridized carbons (Fsp3) is 0.281. The van der Waals surface area contributed by atoms with Gasteiger partial charge in [0, 0.05) is 41.3 Å². The number of aromatic nitrogens is 3. The quantitative estimate of drug-likeness (QED) is 0.206. The number of likely N-dealkylation sites (N-methyl/N-ethyl adjacent to an activating group) is 1. The Morgan fingerprint density at radius 2 is 1.79 bits per heavy atom. The summed E-state index contributed by atoms with van der Waals surface area (Å²) >= 11 is 0. The minimum Gasteiger partial charge on any atom is -0.358 e. The van der Waals surface area contributed by atoms with Crippen LogP contribution in [0.1, 0.15) is 52.3 Å². The number of carbonyl (C=O) groups excluding carboxylic acids is 2. The molecule has 3 heterocycles. The van der Waals surface area contributed by atoms with Gasteiger partial charge in [0.2, 0.25) is 0 Å². The van der Waals surface area contributed by atoms with Crippen LogP contribution in [0.25, 0.3) is 28.6 Å². The number of halogens is 3. The zero-order chi connectivity index (χ0) is 30.9. The maximum Gasteiger partial charge on any atom is 0.416 e. The maximum absolute atomic E-state index is 13.1. The average Bonchev–Trinajstić information content (AvgIpc) is 3.66. The second-order valence-electron chi connectivity index (χ2n) is 10.4. The number of rotatable bonds is 9. The van der Waals surface area contributed by atoms with E-state index in [2.05, 4.69) is 39.5 Å². The van der Waals surface area contributed by atoms with Gasteiger partial charge in [0.25, 0.3) is 11.8 Å². The van der Waals surface area contributed by atoms with Gasteiger partial charge in [0.1, 0.15) is 0 Å². The number of hydrogen-bond acceptors (Lipinski definition) is 4. The van der Waals surface area contributed by atoms with Crippen LogP contribution in [0.4, 0.5) is 18.9 Å². The second kappa shape index (κ2) is 11.9. The molecule has 0 radical (unpaired) electrons. The van der Waals surface area contributed by atoms with Crippen LogP contribution < -0.4 is 10.6 Å². The van der Waals surface area contributed by atoms with E-state index in [0.717, 1.165) is 42.9 Å². The van der Waals surface area contributed by atoms with Crippen molar-refractivity contribution < 1.29 is 22.8 Å². The number of fused-ring (bicyclic) bond motifs is 1. The molecule has 3 N–H and O–H groups in total. The number of aryl methyl sites for hydroxylation is 1. The molecule has 0 spiro atoms. The Morgan fingerprint density at radius 1 is 1.07 bits per heavy atom. The molecule has 2 aromatic carbocycles. The van der Waals surface area contributed by atoms with Gasteiger partial charge in [-0.2, -0.15) is 18.3 Å². The molecule has 2 aromatic heterocycles. The highest BCUT2D eigenvalue weighted by molar-refractivity contribution is 6.35. The summed E-state index contributed by atoms with van der Waals surface area (Å²) in [7, 11) is 0. The summed E-state index contributed by atoms with van der Waals surface area (Å²) in [5.74, 6) is -0.446. The molecule has 4 aromatic rings. The Kier molecular flexibility index (Phi) is 8.27. The number of nitrogens with one attached hydrogen (secondary N) is 3. The second-order valence-corrected chi connectivity index (χ2v) is 10.4. The van der Waals surface area contributed by atoms with Crippen LogP contribution >= 0.6 is 0 Å². The van der Waals surface area contributed by atoms with Crippen LogP contribution in [-0.4, -0.2) is 57.7 Å². The summed E-state index contributed by atoms with van der Waals surface area (Å²) in [6, 6.07) is 12.0. The van der Waals surface area contributed by atoms with Gasteiger partial charge < -0.3 is 20.5 Å². The number of hydrogen-bond donors (Lipinski definition) is 3. The van der Waals surface area contributed by atoms with Crippen molar-refractivity contribution in [1.29, 1.82) is 0 Å². The predicted molar refractivity (Wildman–Crippen MR) is 161 cm³/mol. The first-order valence-corrected chi connectivity index (χ1v) is 14.1. The predicted octanol–water partition coefficient (Wildman–Crippen LogP) is 6.07. The minimum absolute atomic E-state index is 0.168. The van der Waals surface area contributed by atoms with E-state index in [4.69, 9.17) is 0 Å². The van der Waals surface area contributed by atoms with Gasteiger partial charge in [-0.25, -0.2) is 4.68 Å². The maximum atomic E-state index is 13.1. The molecule has 224 valence electrons. The lowest BCUT2D eigenvalue weighted by atomic mass is 10.0. The van der Waals surface area contributed by atoms with Crippen molar-refractivity contribution in [2.75, 3.05) is 31.5 Å². The Morgan fingerprint density at radius 3 is 2.47 bits per heavy atom. The summed E-state index contributed by atoms with van der Waals surface area (Å²) < 4.78 is 40.7. The first kappa shape index (κ1) is 29.8. The van der Waals surface area contributed by atoms with Crippen LogP contribution in [0, 0.1) is 13.8 Å². The lowest BCUT2D eigenvalue weighted by Gasteiger charge is -2.18. The topological polar surface area (TPSA) is 95.1 Å². The lowest BCUT2D eigenvalue weighted by molar-refractivity contribution is -0.137. The van der Waals surface area contributed by atoms with E-state index in [-0.39, 0.29) is 11.8 Å². The Labute approximate surface area is 247 Å². The number of carbonyl (C=O) groups is 2. The summed E-state index contributed by atoms with van der Waals surface area (Å²) in [5.41, 5.74) is 5.49. The largest absolute Gasteiger partial charge is 0.416 e. The summed E-state index contributed by atoms with van der Waals surface area (Å²) in [5, 5.41) is 10.2. The monoisotopic (exact) mass is 590 g/mol. The van der Waals surface area contributed by atoms with Crippen molar-refractivity contribution in [1.82, 2.24) is 25.0 Å². The summed E-state index contributed by atoms with van der Waals surface area (Å²) in [6.45, 7) is 11.0. The van der Waals surface area contributed by atoms with Crippen LogP contribution in [0.2, 0.25) is 0 Å². The van der Waals surface area contributed by atoms with Gasteiger partial charge in [-0.3, -0.25) is 9.59 Å². The third-order valence-electron chi connectivity index (χ3n) is 7.78. The Hall–Kier alpha value is -4.64. The van der Waals surface area contributed by atoms with E-state index >= 15 is 0 Å². The van der Waals surface area contributed by atoms with E-state index in [1.807, 2.05) is 26.0 Å². The molecule has 0 aliphatic carbocycles. The van der Waals surface area contributed by atoms with E-state index in [1.54, 1.807) is 29.1 Å². The van der Waals surface area contributed by atoms with Gasteiger partial charge in [0.15, 0.2) is 0 Å². The molecule has 11 heteroatoms. The normalized spacial score (nSPS) is 14.0.